The van der Waals surface area contributed by atoms with Crippen LogP contribution < -0.4 is 0 Å². The molecule has 1 aromatic rings. The number of hydrogen-bond acceptors (Lipinski definition) is 6. The summed E-state index contributed by atoms with van der Waals surface area (Å²) in [6.45, 7) is 7.41. The summed E-state index contributed by atoms with van der Waals surface area (Å²) in [5.41, 5.74) is -0.171. The molecule has 3 rings (SSSR count). The molecule has 7 heteroatoms. The zero-order valence-electron chi connectivity index (χ0n) is 14.1. The van der Waals surface area contributed by atoms with Gasteiger partial charge in [-0.2, -0.15) is 0 Å². The highest BCUT2D eigenvalue weighted by Gasteiger charge is 2.36. The minimum absolute atomic E-state index is 0.144. The first-order chi connectivity index (χ1) is 10.9. The minimum Gasteiger partial charge on any atom is -0.415 e. The molecule has 0 aromatic carbocycles. The van der Waals surface area contributed by atoms with E-state index in [1.54, 1.807) is 0 Å². The largest absolute Gasteiger partial charge is 0.415 e. The van der Waals surface area contributed by atoms with Crippen LogP contribution >= 0.6 is 11.8 Å². The summed E-state index contributed by atoms with van der Waals surface area (Å²) >= 11 is 1.33. The van der Waals surface area contributed by atoms with Crippen LogP contribution in [-0.2, 0) is 14.9 Å². The van der Waals surface area contributed by atoms with Crippen LogP contribution in [0.1, 0.15) is 52.3 Å². The Bertz CT molecular complexity index is 553. The third kappa shape index (κ3) is 3.88. The predicted molar refractivity (Wildman–Crippen MR) is 87.4 cm³/mol. The molecule has 0 N–H and O–H groups in total. The first-order valence-electron chi connectivity index (χ1n) is 8.33. The van der Waals surface area contributed by atoms with Gasteiger partial charge in [-0.25, -0.2) is 0 Å². The van der Waals surface area contributed by atoms with Crippen molar-refractivity contribution in [1.29, 1.82) is 0 Å². The van der Waals surface area contributed by atoms with Crippen LogP contribution in [0.2, 0.25) is 0 Å². The Morgan fingerprint density at radius 1 is 1.30 bits per heavy atom. The third-order valence-corrected chi connectivity index (χ3v) is 5.22. The number of thioether (sulfide) groups is 1. The Morgan fingerprint density at radius 3 is 2.83 bits per heavy atom. The van der Waals surface area contributed by atoms with Crippen LogP contribution in [0, 0.1) is 0 Å². The molecular weight excluding hydrogens is 314 g/mol. The van der Waals surface area contributed by atoms with Gasteiger partial charge in [0.25, 0.3) is 5.22 Å². The predicted octanol–water partition coefficient (Wildman–Crippen LogP) is 2.63. The number of carbonyl (C=O) groups is 1. The third-order valence-electron chi connectivity index (χ3n) is 4.42. The quantitative estimate of drug-likeness (QED) is 0.789. The summed E-state index contributed by atoms with van der Waals surface area (Å²) in [5, 5.41) is 8.56. The monoisotopic (exact) mass is 339 g/mol. The Morgan fingerprint density at radius 2 is 2.09 bits per heavy atom. The lowest BCUT2D eigenvalue weighted by molar-refractivity contribution is -0.146. The average molecular weight is 339 g/mol. The van der Waals surface area contributed by atoms with Crippen molar-refractivity contribution in [2.24, 2.45) is 0 Å². The van der Waals surface area contributed by atoms with Gasteiger partial charge in [0.2, 0.25) is 11.8 Å². The van der Waals surface area contributed by atoms with Crippen LogP contribution in [0.3, 0.4) is 0 Å². The SMILES string of the molecule is CC(C)(C)c1nnc(SCC(=O)N2CCOC3CCCCC32)o1. The second kappa shape index (κ2) is 6.81. The molecule has 2 fully saturated rings. The first-order valence-corrected chi connectivity index (χ1v) is 9.31. The van der Waals surface area contributed by atoms with E-state index >= 15 is 0 Å². The smallest absolute Gasteiger partial charge is 0.277 e. The summed E-state index contributed by atoms with van der Waals surface area (Å²) in [6, 6.07) is 0.249. The van der Waals surface area contributed by atoms with Crippen molar-refractivity contribution in [2.45, 2.75) is 69.2 Å². The normalized spacial score (nSPS) is 25.3. The van der Waals surface area contributed by atoms with Crippen LogP contribution in [0.25, 0.3) is 0 Å². The second-order valence-electron chi connectivity index (χ2n) is 7.26. The minimum atomic E-state index is -0.171. The molecule has 2 atom stereocenters. The van der Waals surface area contributed by atoms with Gasteiger partial charge in [0.05, 0.1) is 24.5 Å². The number of amides is 1. The Hall–Kier alpha value is -1.08. The first kappa shape index (κ1) is 16.8. The highest BCUT2D eigenvalue weighted by atomic mass is 32.2. The molecule has 1 aliphatic carbocycles. The molecule has 23 heavy (non-hydrogen) atoms. The zero-order valence-corrected chi connectivity index (χ0v) is 14.9. The lowest BCUT2D eigenvalue weighted by Crippen LogP contribution is -2.55. The van der Waals surface area contributed by atoms with Crippen molar-refractivity contribution in [1.82, 2.24) is 15.1 Å². The fraction of sp³-hybridized carbons (Fsp3) is 0.812. The van der Waals surface area contributed by atoms with Gasteiger partial charge in [0.15, 0.2) is 0 Å². The summed E-state index contributed by atoms with van der Waals surface area (Å²) < 4.78 is 11.5. The van der Waals surface area contributed by atoms with Crippen molar-refractivity contribution in [3.8, 4) is 0 Å². The summed E-state index contributed by atoms with van der Waals surface area (Å²) in [6.07, 6.45) is 4.73. The van der Waals surface area contributed by atoms with Gasteiger partial charge in [-0.3, -0.25) is 4.79 Å². The lowest BCUT2D eigenvalue weighted by Gasteiger charge is -2.43. The molecule has 128 valence electrons. The van der Waals surface area contributed by atoms with E-state index in [-0.39, 0.29) is 23.5 Å². The highest BCUT2D eigenvalue weighted by Crippen LogP contribution is 2.30. The van der Waals surface area contributed by atoms with Crippen molar-refractivity contribution < 1.29 is 13.9 Å². The van der Waals surface area contributed by atoms with E-state index in [1.807, 2.05) is 25.7 Å². The molecule has 1 amide bonds. The van der Waals surface area contributed by atoms with E-state index in [0.717, 1.165) is 12.8 Å². The Labute approximate surface area is 141 Å². The molecule has 1 saturated carbocycles. The van der Waals surface area contributed by atoms with Crippen LogP contribution in [0.15, 0.2) is 9.64 Å². The van der Waals surface area contributed by atoms with Gasteiger partial charge in [-0.05, 0) is 12.8 Å². The average Bonchev–Trinajstić information content (AvgIpc) is 3.01. The number of morpholine rings is 1. The van der Waals surface area contributed by atoms with E-state index in [9.17, 15) is 4.79 Å². The molecule has 0 radical (unpaired) electrons. The van der Waals surface area contributed by atoms with Crippen molar-refractivity contribution in [2.75, 3.05) is 18.9 Å². The topological polar surface area (TPSA) is 68.5 Å². The van der Waals surface area contributed by atoms with E-state index in [2.05, 4.69) is 10.2 Å². The summed E-state index contributed by atoms with van der Waals surface area (Å²) in [7, 11) is 0. The fourth-order valence-corrected chi connectivity index (χ4v) is 3.83. The maximum absolute atomic E-state index is 12.6. The van der Waals surface area contributed by atoms with E-state index in [0.29, 0.717) is 30.0 Å². The zero-order chi connectivity index (χ0) is 16.4. The standard InChI is InChI=1S/C16H25N3O3S/c1-16(2,3)14-17-18-15(22-14)23-10-13(20)19-8-9-21-12-7-5-4-6-11(12)19/h11-12H,4-10H2,1-3H3. The Balaban J connectivity index is 1.57. The van der Waals surface area contributed by atoms with Crippen LogP contribution in [0.4, 0.5) is 0 Å². The van der Waals surface area contributed by atoms with Gasteiger partial charge < -0.3 is 14.1 Å². The number of carbonyl (C=O) groups excluding carboxylic acids is 1. The Kier molecular flexibility index (Phi) is 4.96. The number of aromatic nitrogens is 2. The van der Waals surface area contributed by atoms with Crippen LogP contribution in [0.5, 0.6) is 0 Å². The van der Waals surface area contributed by atoms with Gasteiger partial charge in [0, 0.05) is 12.0 Å². The highest BCUT2D eigenvalue weighted by molar-refractivity contribution is 7.99. The number of hydrogen-bond donors (Lipinski definition) is 0. The molecule has 1 saturated heterocycles. The fourth-order valence-electron chi connectivity index (χ4n) is 3.18. The van der Waals surface area contributed by atoms with Gasteiger partial charge in [-0.15, -0.1) is 10.2 Å². The summed E-state index contributed by atoms with van der Waals surface area (Å²) in [5.74, 6) is 1.09. The molecule has 2 unspecified atom stereocenters. The number of fused-ring (bicyclic) bond motifs is 1. The van der Waals surface area contributed by atoms with Crippen molar-refractivity contribution >= 4 is 17.7 Å². The molecule has 2 heterocycles. The molecule has 1 aromatic heterocycles. The van der Waals surface area contributed by atoms with Crippen molar-refractivity contribution in [3.05, 3.63) is 5.89 Å². The number of nitrogens with zero attached hydrogens (tertiary/aromatic N) is 3. The van der Waals surface area contributed by atoms with E-state index in [4.69, 9.17) is 9.15 Å². The molecular formula is C16H25N3O3S. The van der Waals surface area contributed by atoms with Gasteiger partial charge in [0.1, 0.15) is 0 Å². The number of ether oxygens (including phenoxy) is 1. The van der Waals surface area contributed by atoms with E-state index < -0.39 is 0 Å². The summed E-state index contributed by atoms with van der Waals surface area (Å²) in [4.78, 5) is 14.6. The van der Waals surface area contributed by atoms with Crippen molar-refractivity contribution in [3.63, 3.8) is 0 Å². The maximum Gasteiger partial charge on any atom is 0.277 e. The number of rotatable bonds is 3. The molecule has 0 spiro atoms. The second-order valence-corrected chi connectivity index (χ2v) is 8.19. The van der Waals surface area contributed by atoms with Crippen LogP contribution in [-0.4, -0.2) is 52.1 Å². The maximum atomic E-state index is 12.6. The van der Waals surface area contributed by atoms with Gasteiger partial charge >= 0.3 is 0 Å². The molecule has 0 bridgehead atoms. The van der Waals surface area contributed by atoms with E-state index in [1.165, 1.54) is 24.6 Å². The molecule has 2 aliphatic rings. The lowest BCUT2D eigenvalue weighted by atomic mass is 9.90. The van der Waals surface area contributed by atoms with Gasteiger partial charge in [-0.1, -0.05) is 45.4 Å². The molecule has 6 nitrogen and oxygen atoms in total. The molecule has 1 aliphatic heterocycles.